The van der Waals surface area contributed by atoms with Gasteiger partial charge in [0.15, 0.2) is 0 Å². The molecule has 1 heterocycles. The summed E-state index contributed by atoms with van der Waals surface area (Å²) in [6.07, 6.45) is 12.4. The highest BCUT2D eigenvalue weighted by Gasteiger charge is 2.35. The molecule has 5 heteroatoms. The molecule has 2 aliphatic rings. The average Bonchev–Trinajstić information content (AvgIpc) is 2.79. The molecule has 0 N–H and O–H groups in total. The van der Waals surface area contributed by atoms with Crippen LogP contribution in [0.25, 0.3) is 0 Å². The molecule has 1 aromatic carbocycles. The van der Waals surface area contributed by atoms with Gasteiger partial charge < -0.3 is 4.74 Å². The lowest BCUT2D eigenvalue weighted by molar-refractivity contribution is -0.216. The Kier molecular flexibility index (Phi) is 8.94. The van der Waals surface area contributed by atoms with Crippen molar-refractivity contribution < 1.29 is 18.6 Å². The van der Waals surface area contributed by atoms with E-state index in [1.165, 1.54) is 28.9 Å². The van der Waals surface area contributed by atoms with Gasteiger partial charge in [0.05, 0.1) is 6.10 Å². The maximum absolute atomic E-state index is 13.2. The number of benzene rings is 1. The average molecular weight is 449 g/mol. The molecule has 0 aromatic heterocycles. The molecule has 5 atom stereocenters. The molecule has 1 aromatic rings. The van der Waals surface area contributed by atoms with E-state index in [0.717, 1.165) is 24.8 Å². The topological polar surface area (TPSA) is 18.5 Å². The van der Waals surface area contributed by atoms with Gasteiger partial charge in [-0.1, -0.05) is 48.4 Å². The highest BCUT2D eigenvalue weighted by molar-refractivity contribution is 7.99. The molecule has 5 unspecified atom stereocenters. The third-order valence-corrected chi connectivity index (χ3v) is 7.32. The van der Waals surface area contributed by atoms with Gasteiger partial charge in [0.1, 0.15) is 17.4 Å². The molecule has 0 spiro atoms. The zero-order valence-electron chi connectivity index (χ0n) is 18.9. The van der Waals surface area contributed by atoms with Crippen LogP contribution in [-0.2, 0) is 9.68 Å². The Bertz CT molecular complexity index is 803. The maximum Gasteiger partial charge on any atom is 0.123 e. The van der Waals surface area contributed by atoms with Gasteiger partial charge in [0.2, 0.25) is 0 Å². The van der Waals surface area contributed by atoms with Gasteiger partial charge in [-0.25, -0.2) is 4.39 Å². The monoisotopic (exact) mass is 448 g/mol. The molecule has 1 saturated heterocycles. The predicted octanol–water partition coefficient (Wildman–Crippen LogP) is 7.69. The van der Waals surface area contributed by atoms with Gasteiger partial charge in [-0.05, 0) is 73.1 Å². The van der Waals surface area contributed by atoms with Gasteiger partial charge in [0.25, 0.3) is 0 Å². The van der Waals surface area contributed by atoms with Gasteiger partial charge in [-0.3, -0.25) is 0 Å². The first-order chi connectivity index (χ1) is 14.9. The van der Waals surface area contributed by atoms with Crippen molar-refractivity contribution in [3.05, 3.63) is 70.6 Å². The van der Waals surface area contributed by atoms with E-state index in [1.807, 2.05) is 18.4 Å². The number of hydrogen-bond acceptors (Lipinski definition) is 3. The fourth-order valence-electron chi connectivity index (χ4n) is 4.41. The highest BCUT2D eigenvalue weighted by atomic mass is 32.2. The summed E-state index contributed by atoms with van der Waals surface area (Å²) in [7, 11) is 0. The van der Waals surface area contributed by atoms with Crippen molar-refractivity contribution in [1.29, 1.82) is 0 Å². The molecule has 1 aliphatic heterocycles. The lowest BCUT2D eigenvalue weighted by atomic mass is 9.82. The molecular formula is C26H34F2O2S. The molecular weight excluding hydrogens is 414 g/mol. The van der Waals surface area contributed by atoms with Gasteiger partial charge in [0, 0.05) is 18.8 Å². The summed E-state index contributed by atoms with van der Waals surface area (Å²) in [4.78, 5) is 4.19. The third-order valence-electron chi connectivity index (χ3n) is 6.49. The van der Waals surface area contributed by atoms with Crippen molar-refractivity contribution in [3.8, 4) is 0 Å². The van der Waals surface area contributed by atoms with Crippen LogP contribution in [0.4, 0.5) is 8.92 Å². The minimum Gasteiger partial charge on any atom is -0.364 e. The second-order valence-electron chi connectivity index (χ2n) is 8.92. The first-order valence-electron chi connectivity index (χ1n) is 11.1. The molecule has 31 heavy (non-hydrogen) atoms. The van der Waals surface area contributed by atoms with Crippen LogP contribution in [0, 0.1) is 11.7 Å². The van der Waals surface area contributed by atoms with E-state index < -0.39 is 0 Å². The zero-order chi connectivity index (χ0) is 22.4. The lowest BCUT2D eigenvalue weighted by Gasteiger charge is -2.37. The van der Waals surface area contributed by atoms with Gasteiger partial charge in [-0.15, -0.1) is 11.8 Å². The minimum absolute atomic E-state index is 0.0158. The molecule has 1 aliphatic carbocycles. The van der Waals surface area contributed by atoms with Crippen LogP contribution >= 0.6 is 11.8 Å². The molecule has 2 nitrogen and oxygen atoms in total. The fourth-order valence-corrected chi connectivity index (χ4v) is 5.07. The summed E-state index contributed by atoms with van der Waals surface area (Å²) in [6, 6.07) is 6.78. The van der Waals surface area contributed by atoms with E-state index in [4.69, 9.17) is 4.74 Å². The summed E-state index contributed by atoms with van der Waals surface area (Å²) >= 11 is 1.62. The Morgan fingerprint density at radius 1 is 1.29 bits per heavy atom. The first-order valence-corrected chi connectivity index (χ1v) is 12.4. The SMILES string of the molecule is CSC1CC(OF)CC(C2C=C(C/C(C)=C/CC(C)c3ccc(F)cc3)C(C)=CC2)O1. The Morgan fingerprint density at radius 3 is 2.71 bits per heavy atom. The normalized spacial score (nSPS) is 28.1. The van der Waals surface area contributed by atoms with Crippen molar-refractivity contribution >= 4 is 11.8 Å². The number of rotatable bonds is 8. The summed E-state index contributed by atoms with van der Waals surface area (Å²) in [5, 5.41) is 0. The van der Waals surface area contributed by atoms with E-state index >= 15 is 0 Å². The third kappa shape index (κ3) is 6.77. The number of halogens is 2. The Balaban J connectivity index is 1.63. The summed E-state index contributed by atoms with van der Waals surface area (Å²) in [6.45, 7) is 6.50. The molecule has 170 valence electrons. The second-order valence-corrected chi connectivity index (χ2v) is 9.91. The number of ether oxygens (including phenoxy) is 1. The summed E-state index contributed by atoms with van der Waals surface area (Å²) in [5.41, 5.74) is 5.10. The zero-order valence-corrected chi connectivity index (χ0v) is 19.8. The Labute approximate surface area is 189 Å². The fraction of sp³-hybridized carbons (Fsp3) is 0.538. The molecule has 3 rings (SSSR count). The van der Waals surface area contributed by atoms with E-state index in [2.05, 4.69) is 43.9 Å². The summed E-state index contributed by atoms with van der Waals surface area (Å²) in [5.74, 6) is 0.396. The maximum atomic E-state index is 13.2. The predicted molar refractivity (Wildman–Crippen MR) is 125 cm³/mol. The Morgan fingerprint density at radius 2 is 2.03 bits per heavy atom. The minimum atomic E-state index is -0.380. The van der Waals surface area contributed by atoms with Gasteiger partial charge >= 0.3 is 0 Å². The van der Waals surface area contributed by atoms with Crippen molar-refractivity contribution in [2.75, 3.05) is 6.26 Å². The van der Waals surface area contributed by atoms with Crippen molar-refractivity contribution in [2.45, 2.75) is 76.4 Å². The van der Waals surface area contributed by atoms with E-state index in [0.29, 0.717) is 18.8 Å². The van der Waals surface area contributed by atoms with Crippen LogP contribution in [0.3, 0.4) is 0 Å². The van der Waals surface area contributed by atoms with E-state index in [1.54, 1.807) is 11.8 Å². The van der Waals surface area contributed by atoms with Crippen molar-refractivity contribution in [1.82, 2.24) is 0 Å². The van der Waals surface area contributed by atoms with Gasteiger partial charge in [-0.2, -0.15) is 4.94 Å². The molecule has 0 saturated carbocycles. The molecule has 0 radical (unpaired) electrons. The van der Waals surface area contributed by atoms with Crippen molar-refractivity contribution in [3.63, 3.8) is 0 Å². The number of hydrogen-bond donors (Lipinski definition) is 0. The highest BCUT2D eigenvalue weighted by Crippen LogP contribution is 2.37. The van der Waals surface area contributed by atoms with E-state index in [9.17, 15) is 8.92 Å². The smallest absolute Gasteiger partial charge is 0.123 e. The molecule has 0 amide bonds. The first kappa shape index (κ1) is 24.2. The standard InChI is InChI=1S/C26H34F2O2S/c1-17(5-6-18(2)20-9-11-23(27)12-10-20)13-22-14-21(8-7-19(22)3)25-15-24(30-28)16-26(29-25)31-4/h5,7,9-12,14,18,21,24-26H,6,8,13,15-16H2,1-4H3/b17-5+. The molecule has 1 fully saturated rings. The quantitative estimate of drug-likeness (QED) is 0.380. The Hall–Kier alpha value is -1.43. The second kappa shape index (κ2) is 11.4. The lowest BCUT2D eigenvalue weighted by Crippen LogP contribution is -2.38. The largest absolute Gasteiger partial charge is 0.364 e. The van der Waals surface area contributed by atoms with Crippen molar-refractivity contribution in [2.24, 2.45) is 5.92 Å². The van der Waals surface area contributed by atoms with Crippen LogP contribution in [-0.4, -0.2) is 23.9 Å². The number of allylic oxidation sites excluding steroid dienone is 5. The molecule has 0 bridgehead atoms. The van der Waals surface area contributed by atoms with E-state index in [-0.39, 0.29) is 29.4 Å². The van der Waals surface area contributed by atoms with Crippen LogP contribution in [0.2, 0.25) is 0 Å². The number of thioether (sulfide) groups is 1. The van der Waals surface area contributed by atoms with Crippen LogP contribution in [0.5, 0.6) is 0 Å². The summed E-state index contributed by atoms with van der Waals surface area (Å²) < 4.78 is 32.3. The van der Waals surface area contributed by atoms with Crippen LogP contribution in [0.15, 0.2) is 59.2 Å². The van der Waals surface area contributed by atoms with Crippen LogP contribution in [0.1, 0.15) is 64.4 Å². The van der Waals surface area contributed by atoms with Crippen LogP contribution < -0.4 is 0 Å².